The summed E-state index contributed by atoms with van der Waals surface area (Å²) in [5.74, 6) is -1.38. The van der Waals surface area contributed by atoms with Crippen molar-refractivity contribution in [3.05, 3.63) is 68.5 Å². The van der Waals surface area contributed by atoms with Crippen LogP contribution in [0.1, 0.15) is 39.9 Å². The Hall–Kier alpha value is -2.85. The van der Waals surface area contributed by atoms with Gasteiger partial charge >= 0.3 is 0 Å². The second-order valence-corrected chi connectivity index (χ2v) is 10.1. The van der Waals surface area contributed by atoms with Crippen LogP contribution in [0.25, 0.3) is 0 Å². The number of nitrogens with zero attached hydrogens (tertiary/aromatic N) is 3. The number of amides is 1. The maximum atomic E-state index is 14.1. The van der Waals surface area contributed by atoms with Crippen LogP contribution in [0.3, 0.4) is 0 Å². The summed E-state index contributed by atoms with van der Waals surface area (Å²) in [6.07, 6.45) is 4.01. The highest BCUT2D eigenvalue weighted by atomic mass is 32.2. The summed E-state index contributed by atoms with van der Waals surface area (Å²) in [7, 11) is -3.69. The molecule has 4 rings (SSSR count). The summed E-state index contributed by atoms with van der Waals surface area (Å²) in [5, 5.41) is 11.1. The van der Waals surface area contributed by atoms with Crippen LogP contribution in [0.15, 0.2) is 35.2 Å². The van der Waals surface area contributed by atoms with Crippen molar-refractivity contribution in [1.29, 1.82) is 0 Å². The third kappa shape index (κ3) is 4.12. The molecule has 1 amide bonds. The zero-order chi connectivity index (χ0) is 23.0. The van der Waals surface area contributed by atoms with Gasteiger partial charge in [0.15, 0.2) is 0 Å². The normalized spacial score (nSPS) is 17.1. The van der Waals surface area contributed by atoms with E-state index in [9.17, 15) is 27.7 Å². The van der Waals surface area contributed by atoms with Gasteiger partial charge in [0.2, 0.25) is 10.0 Å². The lowest BCUT2D eigenvalue weighted by Gasteiger charge is -2.34. The Morgan fingerprint density at radius 1 is 1.03 bits per heavy atom. The second-order valence-electron chi connectivity index (χ2n) is 8.19. The molecule has 1 aliphatic carbocycles. The zero-order valence-electron chi connectivity index (χ0n) is 17.7. The van der Waals surface area contributed by atoms with Crippen LogP contribution < -0.4 is 0 Å². The topological polar surface area (TPSA) is 101 Å². The summed E-state index contributed by atoms with van der Waals surface area (Å²) < 4.78 is 41.7. The molecular weight excluding hydrogens is 437 g/mol. The lowest BCUT2D eigenvalue weighted by atomic mass is 9.92. The number of carbonyl (C=O) groups is 1. The van der Waals surface area contributed by atoms with Gasteiger partial charge in [0.1, 0.15) is 5.82 Å². The van der Waals surface area contributed by atoms with Crippen LogP contribution in [-0.2, 0) is 22.9 Å². The molecule has 0 N–H and O–H groups in total. The molecule has 0 aromatic heterocycles. The highest BCUT2D eigenvalue weighted by Crippen LogP contribution is 2.27. The molecule has 2 aromatic carbocycles. The molecule has 1 aliphatic heterocycles. The average Bonchev–Trinajstić information content (AvgIpc) is 2.79. The first-order chi connectivity index (χ1) is 15.2. The Morgan fingerprint density at radius 3 is 2.34 bits per heavy atom. The predicted molar refractivity (Wildman–Crippen MR) is 116 cm³/mol. The number of hydrogen-bond donors (Lipinski definition) is 0. The van der Waals surface area contributed by atoms with E-state index in [2.05, 4.69) is 0 Å². The molecular formula is C22H24FN3O5S. The van der Waals surface area contributed by atoms with Crippen LogP contribution >= 0.6 is 0 Å². The van der Waals surface area contributed by atoms with Gasteiger partial charge in [-0.15, -0.1) is 0 Å². The molecule has 2 aromatic rings. The number of carbonyl (C=O) groups excluding carboxylic acids is 1. The molecule has 10 heteroatoms. The minimum atomic E-state index is -3.69. The van der Waals surface area contributed by atoms with E-state index in [1.165, 1.54) is 21.7 Å². The Morgan fingerprint density at radius 2 is 1.69 bits per heavy atom. The quantitative estimate of drug-likeness (QED) is 0.515. The van der Waals surface area contributed by atoms with Crippen molar-refractivity contribution in [2.75, 3.05) is 26.2 Å². The number of hydrogen-bond acceptors (Lipinski definition) is 5. The van der Waals surface area contributed by atoms with Crippen LogP contribution in [0.2, 0.25) is 0 Å². The number of sulfonamides is 1. The minimum Gasteiger partial charge on any atom is -0.336 e. The van der Waals surface area contributed by atoms with Gasteiger partial charge in [-0.25, -0.2) is 12.8 Å². The minimum absolute atomic E-state index is 0.0988. The summed E-state index contributed by atoms with van der Waals surface area (Å²) in [5.41, 5.74) is 1.57. The van der Waals surface area contributed by atoms with Crippen molar-refractivity contribution in [3.63, 3.8) is 0 Å². The molecule has 32 heavy (non-hydrogen) atoms. The molecule has 1 fully saturated rings. The van der Waals surface area contributed by atoms with Crippen LogP contribution in [0.4, 0.5) is 10.1 Å². The van der Waals surface area contributed by atoms with E-state index in [0.717, 1.165) is 43.4 Å². The smallest absolute Gasteiger partial charge is 0.276 e. The van der Waals surface area contributed by atoms with Crippen molar-refractivity contribution < 1.29 is 22.5 Å². The van der Waals surface area contributed by atoms with E-state index in [0.29, 0.717) is 0 Å². The molecule has 8 nitrogen and oxygen atoms in total. The van der Waals surface area contributed by atoms with Gasteiger partial charge in [0.25, 0.3) is 11.6 Å². The van der Waals surface area contributed by atoms with Gasteiger partial charge in [0, 0.05) is 37.8 Å². The second kappa shape index (κ2) is 8.59. The van der Waals surface area contributed by atoms with E-state index in [1.807, 2.05) is 6.07 Å². The Bertz CT molecular complexity index is 1190. The Balaban J connectivity index is 1.48. The first-order valence-corrected chi connectivity index (χ1v) is 12.0. The monoisotopic (exact) mass is 461 g/mol. The molecule has 170 valence electrons. The van der Waals surface area contributed by atoms with Crippen molar-refractivity contribution >= 4 is 21.6 Å². The van der Waals surface area contributed by atoms with Crippen LogP contribution in [0.5, 0.6) is 0 Å². The van der Waals surface area contributed by atoms with Crippen LogP contribution in [-0.4, -0.2) is 54.6 Å². The average molecular weight is 462 g/mol. The van der Waals surface area contributed by atoms with E-state index in [-0.39, 0.29) is 42.2 Å². The van der Waals surface area contributed by atoms with Crippen molar-refractivity contribution in [3.8, 4) is 0 Å². The Labute approximate surface area is 185 Å². The molecule has 0 unspecified atom stereocenters. The fraction of sp³-hybridized carbons (Fsp3) is 0.409. The molecule has 0 radical (unpaired) electrons. The predicted octanol–water partition coefficient (Wildman–Crippen LogP) is 3.07. The highest BCUT2D eigenvalue weighted by Gasteiger charge is 2.32. The molecule has 0 bridgehead atoms. The number of nitro benzene ring substituents is 1. The number of rotatable bonds is 4. The van der Waals surface area contributed by atoms with Gasteiger partial charge in [-0.2, -0.15) is 4.31 Å². The fourth-order valence-electron chi connectivity index (χ4n) is 4.31. The summed E-state index contributed by atoms with van der Waals surface area (Å²) >= 11 is 0. The summed E-state index contributed by atoms with van der Waals surface area (Å²) in [4.78, 5) is 24.9. The zero-order valence-corrected chi connectivity index (χ0v) is 18.5. The van der Waals surface area contributed by atoms with E-state index < -0.39 is 32.4 Å². The number of halogens is 1. The largest absolute Gasteiger partial charge is 0.336 e. The number of nitro groups is 1. The van der Waals surface area contributed by atoms with Gasteiger partial charge in [-0.1, -0.05) is 6.07 Å². The number of aryl methyl sites for hydroxylation is 2. The van der Waals surface area contributed by atoms with Crippen LogP contribution in [0, 0.1) is 22.9 Å². The first kappa shape index (κ1) is 22.3. The maximum Gasteiger partial charge on any atom is 0.276 e. The molecule has 0 saturated carbocycles. The van der Waals surface area contributed by atoms with Gasteiger partial charge in [-0.3, -0.25) is 14.9 Å². The molecule has 0 atom stereocenters. The summed E-state index contributed by atoms with van der Waals surface area (Å²) in [6, 6.07) is 7.35. The third-order valence-electron chi connectivity index (χ3n) is 6.24. The summed E-state index contributed by atoms with van der Waals surface area (Å²) in [6.45, 7) is 1.72. The van der Waals surface area contributed by atoms with E-state index >= 15 is 0 Å². The van der Waals surface area contributed by atoms with E-state index in [1.54, 1.807) is 12.1 Å². The van der Waals surface area contributed by atoms with E-state index in [4.69, 9.17) is 0 Å². The van der Waals surface area contributed by atoms with Gasteiger partial charge < -0.3 is 4.90 Å². The number of benzene rings is 2. The number of fused-ring (bicyclic) bond motifs is 1. The molecule has 2 aliphatic rings. The molecule has 1 saturated heterocycles. The number of piperazine rings is 1. The first-order valence-electron chi connectivity index (χ1n) is 10.5. The van der Waals surface area contributed by atoms with Gasteiger partial charge in [0.05, 0.1) is 15.4 Å². The standard InChI is InChI=1S/C22H24FN3O5S/c1-15-20(23)13-18(14-21(15)26(28)29)22(27)24-8-10-25(11-9-24)32(30,31)19-7-6-16-4-2-3-5-17(16)12-19/h6-7,12-14H,2-5,8-11H2,1H3. The lowest BCUT2D eigenvalue weighted by Crippen LogP contribution is -2.50. The fourth-order valence-corrected chi connectivity index (χ4v) is 5.78. The van der Waals surface area contributed by atoms with Crippen molar-refractivity contribution in [1.82, 2.24) is 9.21 Å². The van der Waals surface area contributed by atoms with Gasteiger partial charge in [-0.05, 0) is 61.9 Å². The maximum absolute atomic E-state index is 14.1. The SMILES string of the molecule is Cc1c(F)cc(C(=O)N2CCN(S(=O)(=O)c3ccc4c(c3)CCCC4)CC2)cc1[N+](=O)[O-]. The lowest BCUT2D eigenvalue weighted by molar-refractivity contribution is -0.385. The Kier molecular flexibility index (Phi) is 6.00. The molecule has 1 heterocycles. The molecule has 0 spiro atoms. The van der Waals surface area contributed by atoms with Crippen molar-refractivity contribution in [2.45, 2.75) is 37.5 Å². The third-order valence-corrected chi connectivity index (χ3v) is 8.14. The highest BCUT2D eigenvalue weighted by molar-refractivity contribution is 7.89. The van der Waals surface area contributed by atoms with Crippen molar-refractivity contribution in [2.24, 2.45) is 0 Å².